The summed E-state index contributed by atoms with van der Waals surface area (Å²) in [7, 11) is 0. The van der Waals surface area contributed by atoms with Crippen molar-refractivity contribution in [3.8, 4) is 0 Å². The molecule has 0 saturated carbocycles. The first-order valence-corrected chi connectivity index (χ1v) is 9.17. The van der Waals surface area contributed by atoms with Gasteiger partial charge in [-0.1, -0.05) is 6.42 Å². The molecule has 154 valence electrons. The number of nitrogens with one attached hydrogen (secondary N) is 2. The van der Waals surface area contributed by atoms with Gasteiger partial charge in [0.15, 0.2) is 0 Å². The third-order valence-corrected chi connectivity index (χ3v) is 5.33. The van der Waals surface area contributed by atoms with Crippen molar-refractivity contribution in [1.29, 1.82) is 0 Å². The first-order valence-electron chi connectivity index (χ1n) is 9.17. The molecule has 2 aromatic rings. The van der Waals surface area contributed by atoms with Gasteiger partial charge in [-0.15, -0.1) is 24.8 Å². The van der Waals surface area contributed by atoms with Crippen LogP contribution in [0.2, 0.25) is 0 Å². The van der Waals surface area contributed by atoms with E-state index in [1.807, 2.05) is 0 Å². The summed E-state index contributed by atoms with van der Waals surface area (Å²) in [6, 6.07) is 6.65. The lowest BCUT2D eigenvalue weighted by molar-refractivity contribution is -0.119. The number of anilines is 1. The highest BCUT2D eigenvalue weighted by molar-refractivity contribution is 5.98. The van der Waals surface area contributed by atoms with Gasteiger partial charge in [0.25, 0.3) is 0 Å². The van der Waals surface area contributed by atoms with Crippen LogP contribution in [0.25, 0.3) is 11.0 Å². The monoisotopic (exact) mass is 429 g/mol. The number of aromatic carboxylic acids is 1. The molecule has 7 nitrogen and oxygen atoms in total. The number of furan rings is 1. The predicted octanol–water partition coefficient (Wildman–Crippen LogP) is 3.13. The summed E-state index contributed by atoms with van der Waals surface area (Å²) >= 11 is 0. The molecule has 0 spiro atoms. The van der Waals surface area contributed by atoms with E-state index >= 15 is 0 Å². The van der Waals surface area contributed by atoms with Crippen LogP contribution in [0.15, 0.2) is 28.7 Å². The van der Waals surface area contributed by atoms with Gasteiger partial charge in [-0.05, 0) is 63.2 Å². The van der Waals surface area contributed by atoms with Gasteiger partial charge in [-0.3, -0.25) is 9.69 Å². The molecule has 1 aromatic carbocycles. The SMILES string of the molecule is Cl.Cl.O=C(O)c1cc2cc(NC(=O)[C@H]3NCC[C@H]3N3CCCCC3)ccc2o1. The van der Waals surface area contributed by atoms with Crippen molar-refractivity contribution in [3.63, 3.8) is 0 Å². The Morgan fingerprint density at radius 2 is 1.89 bits per heavy atom. The summed E-state index contributed by atoms with van der Waals surface area (Å²) in [6.45, 7) is 2.98. The van der Waals surface area contributed by atoms with Crippen molar-refractivity contribution in [1.82, 2.24) is 10.2 Å². The number of fused-ring (bicyclic) bond motifs is 1. The third kappa shape index (κ3) is 4.60. The van der Waals surface area contributed by atoms with Gasteiger partial charge in [-0.2, -0.15) is 0 Å². The summed E-state index contributed by atoms with van der Waals surface area (Å²) in [5.41, 5.74) is 1.14. The smallest absolute Gasteiger partial charge is 0.371 e. The molecule has 2 aliphatic rings. The average Bonchev–Trinajstić information content (AvgIpc) is 3.29. The minimum atomic E-state index is -1.11. The maximum Gasteiger partial charge on any atom is 0.371 e. The Kier molecular flexibility index (Phi) is 7.71. The fourth-order valence-electron chi connectivity index (χ4n) is 4.05. The van der Waals surface area contributed by atoms with Crippen LogP contribution in [-0.4, -0.2) is 53.6 Å². The fourth-order valence-corrected chi connectivity index (χ4v) is 4.05. The first kappa shape index (κ1) is 22.5. The molecule has 0 unspecified atom stereocenters. The lowest BCUT2D eigenvalue weighted by Crippen LogP contribution is -2.51. The van der Waals surface area contributed by atoms with Gasteiger partial charge in [-0.25, -0.2) is 4.79 Å². The average molecular weight is 430 g/mol. The number of likely N-dealkylation sites (tertiary alicyclic amines) is 1. The Morgan fingerprint density at radius 3 is 2.61 bits per heavy atom. The molecular weight excluding hydrogens is 405 g/mol. The molecule has 0 radical (unpaired) electrons. The second kappa shape index (κ2) is 9.60. The van der Waals surface area contributed by atoms with E-state index in [4.69, 9.17) is 9.52 Å². The van der Waals surface area contributed by atoms with Crippen molar-refractivity contribution in [2.45, 2.75) is 37.8 Å². The number of hydrogen-bond acceptors (Lipinski definition) is 5. The standard InChI is InChI=1S/C19H23N3O4.2ClH/c23-18(17-14(6-7-20-17)22-8-2-1-3-9-22)21-13-4-5-15-12(10-13)11-16(26-15)19(24)25;;/h4-5,10-11,14,17,20H,1-3,6-9H2,(H,21,23)(H,24,25);2*1H/t14-,17+;;/m1../s1. The summed E-state index contributed by atoms with van der Waals surface area (Å²) in [5.74, 6) is -1.25. The first-order chi connectivity index (χ1) is 12.6. The van der Waals surface area contributed by atoms with Crippen LogP contribution >= 0.6 is 24.8 Å². The summed E-state index contributed by atoms with van der Waals surface area (Å²) in [5, 5.41) is 16.0. The molecule has 1 amide bonds. The van der Waals surface area contributed by atoms with E-state index in [9.17, 15) is 9.59 Å². The zero-order chi connectivity index (χ0) is 18.1. The quantitative estimate of drug-likeness (QED) is 0.690. The van der Waals surface area contributed by atoms with Crippen LogP contribution in [-0.2, 0) is 4.79 Å². The second-order valence-corrected chi connectivity index (χ2v) is 7.04. The fraction of sp³-hybridized carbons (Fsp3) is 0.474. The van der Waals surface area contributed by atoms with Crippen LogP contribution in [0, 0.1) is 0 Å². The zero-order valence-electron chi connectivity index (χ0n) is 15.3. The van der Waals surface area contributed by atoms with E-state index in [0.29, 0.717) is 16.7 Å². The van der Waals surface area contributed by atoms with Gasteiger partial charge < -0.3 is 20.2 Å². The van der Waals surface area contributed by atoms with Crippen LogP contribution in [0.5, 0.6) is 0 Å². The minimum absolute atomic E-state index is 0. The highest BCUT2D eigenvalue weighted by Crippen LogP contribution is 2.25. The molecule has 4 rings (SSSR count). The highest BCUT2D eigenvalue weighted by atomic mass is 35.5. The van der Waals surface area contributed by atoms with E-state index < -0.39 is 5.97 Å². The Bertz CT molecular complexity index is 836. The number of carboxylic acid groups (broad SMARTS) is 1. The number of nitrogens with zero attached hydrogens (tertiary/aromatic N) is 1. The minimum Gasteiger partial charge on any atom is -0.475 e. The normalized spacial score (nSPS) is 22.3. The van der Waals surface area contributed by atoms with Crippen molar-refractivity contribution in [3.05, 3.63) is 30.0 Å². The molecule has 2 aliphatic heterocycles. The van der Waals surface area contributed by atoms with Crippen LogP contribution in [0.1, 0.15) is 36.2 Å². The van der Waals surface area contributed by atoms with Gasteiger partial charge in [0.1, 0.15) is 11.6 Å². The summed E-state index contributed by atoms with van der Waals surface area (Å²) < 4.78 is 5.25. The molecule has 0 bridgehead atoms. The van der Waals surface area contributed by atoms with E-state index in [-0.39, 0.29) is 48.6 Å². The number of benzene rings is 1. The Morgan fingerprint density at radius 1 is 1.14 bits per heavy atom. The second-order valence-electron chi connectivity index (χ2n) is 7.04. The zero-order valence-corrected chi connectivity index (χ0v) is 17.0. The molecule has 3 heterocycles. The molecule has 3 N–H and O–H groups in total. The van der Waals surface area contributed by atoms with Crippen molar-refractivity contribution >= 4 is 53.3 Å². The van der Waals surface area contributed by atoms with Gasteiger partial charge >= 0.3 is 5.97 Å². The maximum atomic E-state index is 12.8. The van der Waals surface area contributed by atoms with E-state index in [1.165, 1.54) is 25.3 Å². The number of amides is 1. The highest BCUT2D eigenvalue weighted by Gasteiger charge is 2.36. The van der Waals surface area contributed by atoms with E-state index in [0.717, 1.165) is 26.1 Å². The molecule has 9 heteroatoms. The Balaban J connectivity index is 0.00000140. The molecule has 28 heavy (non-hydrogen) atoms. The molecule has 2 atom stereocenters. The Hall–Kier alpha value is -1.80. The van der Waals surface area contributed by atoms with E-state index in [2.05, 4.69) is 15.5 Å². The third-order valence-electron chi connectivity index (χ3n) is 5.33. The number of halogens is 2. The molecule has 1 aromatic heterocycles. The number of hydrogen-bond donors (Lipinski definition) is 3. The maximum absolute atomic E-state index is 12.8. The van der Waals surface area contributed by atoms with Crippen molar-refractivity contribution in [2.75, 3.05) is 25.0 Å². The number of carbonyl (C=O) groups is 2. The number of carboxylic acids is 1. The summed E-state index contributed by atoms with van der Waals surface area (Å²) in [4.78, 5) is 26.3. The van der Waals surface area contributed by atoms with E-state index in [1.54, 1.807) is 18.2 Å². The summed E-state index contributed by atoms with van der Waals surface area (Å²) in [6.07, 6.45) is 4.67. The number of carbonyl (C=O) groups excluding carboxylic acids is 1. The molecule has 2 saturated heterocycles. The number of piperidine rings is 1. The largest absolute Gasteiger partial charge is 0.475 e. The van der Waals surface area contributed by atoms with Gasteiger partial charge in [0.2, 0.25) is 11.7 Å². The van der Waals surface area contributed by atoms with Crippen molar-refractivity contribution in [2.24, 2.45) is 0 Å². The van der Waals surface area contributed by atoms with Gasteiger partial charge in [0.05, 0.1) is 0 Å². The lowest BCUT2D eigenvalue weighted by atomic mass is 10.0. The van der Waals surface area contributed by atoms with Crippen LogP contribution in [0.3, 0.4) is 0 Å². The Labute approximate surface area is 175 Å². The number of rotatable bonds is 4. The van der Waals surface area contributed by atoms with Crippen LogP contribution in [0.4, 0.5) is 5.69 Å². The molecule has 0 aliphatic carbocycles. The van der Waals surface area contributed by atoms with Crippen LogP contribution < -0.4 is 10.6 Å². The van der Waals surface area contributed by atoms with Crippen molar-refractivity contribution < 1.29 is 19.1 Å². The predicted molar refractivity (Wildman–Crippen MR) is 112 cm³/mol. The molecular formula is C19H25Cl2N3O4. The lowest BCUT2D eigenvalue weighted by Gasteiger charge is -2.34. The van der Waals surface area contributed by atoms with Gasteiger partial charge in [0, 0.05) is 17.1 Å². The molecule has 2 fully saturated rings. The topological polar surface area (TPSA) is 94.8 Å².